The Morgan fingerprint density at radius 1 is 1.32 bits per heavy atom. The molecule has 0 amide bonds. The van der Waals surface area contributed by atoms with Gasteiger partial charge < -0.3 is 5.32 Å². The lowest BCUT2D eigenvalue weighted by Gasteiger charge is -2.10. The van der Waals surface area contributed by atoms with Crippen molar-refractivity contribution in [3.8, 4) is 6.07 Å². The highest BCUT2D eigenvalue weighted by atomic mass is 79.9. The lowest BCUT2D eigenvalue weighted by molar-refractivity contribution is 0.619. The van der Waals surface area contributed by atoms with Crippen molar-refractivity contribution in [2.75, 3.05) is 5.32 Å². The van der Waals surface area contributed by atoms with Crippen LogP contribution < -0.4 is 5.32 Å². The van der Waals surface area contributed by atoms with E-state index in [0.29, 0.717) is 16.6 Å². The average molecular weight is 319 g/mol. The minimum absolute atomic E-state index is 0.288. The molecule has 2 aromatic rings. The number of nitrogens with one attached hydrogen (secondary N) is 1. The Labute approximate surface area is 120 Å². The maximum Gasteiger partial charge on any atom is 0.137 e. The Morgan fingerprint density at radius 2 is 2.11 bits per heavy atom. The zero-order valence-corrected chi connectivity index (χ0v) is 12.0. The molecule has 0 aliphatic heterocycles. The molecule has 0 unspecified atom stereocenters. The molecule has 0 heterocycles. The number of anilines is 1. The van der Waals surface area contributed by atoms with E-state index in [4.69, 9.17) is 5.26 Å². The van der Waals surface area contributed by atoms with Crippen LogP contribution in [-0.4, -0.2) is 0 Å². The highest BCUT2D eigenvalue weighted by Gasteiger charge is 2.05. The van der Waals surface area contributed by atoms with E-state index < -0.39 is 0 Å². The van der Waals surface area contributed by atoms with Gasteiger partial charge in [-0.2, -0.15) is 5.26 Å². The molecule has 96 valence electrons. The SMILES string of the molecule is Cc1cccc(NCc2ccc(Br)c(F)c2)c1C#N. The second-order valence-electron chi connectivity index (χ2n) is 4.21. The van der Waals surface area contributed by atoms with Crippen LogP contribution in [0.5, 0.6) is 0 Å². The maximum atomic E-state index is 13.4. The molecule has 2 aromatic carbocycles. The van der Waals surface area contributed by atoms with Crippen molar-refractivity contribution in [1.82, 2.24) is 0 Å². The molecule has 0 saturated carbocycles. The summed E-state index contributed by atoms with van der Waals surface area (Å²) in [5.41, 5.74) is 3.14. The standard InChI is InChI=1S/C15H12BrFN2/c1-10-3-2-4-15(12(10)8-18)19-9-11-5-6-13(16)14(17)7-11/h2-7,19H,9H2,1H3. The fourth-order valence-corrected chi connectivity index (χ4v) is 2.06. The first-order chi connectivity index (χ1) is 9.11. The molecule has 0 fully saturated rings. The predicted molar refractivity (Wildman–Crippen MR) is 77.3 cm³/mol. The predicted octanol–water partition coefficient (Wildman–Crippen LogP) is 4.38. The van der Waals surface area contributed by atoms with Gasteiger partial charge in [-0.1, -0.05) is 18.2 Å². The number of aryl methyl sites for hydroxylation is 1. The van der Waals surface area contributed by atoms with Crippen molar-refractivity contribution in [2.45, 2.75) is 13.5 Å². The van der Waals surface area contributed by atoms with Gasteiger partial charge in [-0.3, -0.25) is 0 Å². The number of nitriles is 1. The first-order valence-electron chi connectivity index (χ1n) is 5.79. The second kappa shape index (κ2) is 5.85. The zero-order chi connectivity index (χ0) is 13.8. The van der Waals surface area contributed by atoms with Gasteiger partial charge in [-0.05, 0) is 52.2 Å². The molecule has 0 spiro atoms. The number of hydrogen-bond acceptors (Lipinski definition) is 2. The fourth-order valence-electron chi connectivity index (χ4n) is 1.81. The Morgan fingerprint density at radius 3 is 2.79 bits per heavy atom. The Balaban J connectivity index is 2.17. The van der Waals surface area contributed by atoms with Crippen LogP contribution in [0.4, 0.5) is 10.1 Å². The Hall–Kier alpha value is -1.86. The quantitative estimate of drug-likeness (QED) is 0.911. The van der Waals surface area contributed by atoms with Crippen LogP contribution in [0.3, 0.4) is 0 Å². The van der Waals surface area contributed by atoms with E-state index in [1.54, 1.807) is 6.07 Å². The highest BCUT2D eigenvalue weighted by Crippen LogP contribution is 2.20. The first kappa shape index (κ1) is 13.6. The summed E-state index contributed by atoms with van der Waals surface area (Å²) in [6.45, 7) is 2.37. The van der Waals surface area contributed by atoms with E-state index in [9.17, 15) is 4.39 Å². The molecule has 0 atom stereocenters. The van der Waals surface area contributed by atoms with Gasteiger partial charge in [-0.15, -0.1) is 0 Å². The third-order valence-electron chi connectivity index (χ3n) is 2.85. The normalized spacial score (nSPS) is 10.0. The number of nitrogens with zero attached hydrogens (tertiary/aromatic N) is 1. The van der Waals surface area contributed by atoms with Crippen molar-refractivity contribution in [3.63, 3.8) is 0 Å². The molecule has 0 bridgehead atoms. The van der Waals surface area contributed by atoms with Gasteiger partial charge >= 0.3 is 0 Å². The molecule has 0 aliphatic carbocycles. The molecule has 4 heteroatoms. The van der Waals surface area contributed by atoms with Gasteiger partial charge in [0.05, 0.1) is 15.7 Å². The summed E-state index contributed by atoms with van der Waals surface area (Å²) in [5.74, 6) is -0.288. The van der Waals surface area contributed by atoms with Crippen LogP contribution in [0.15, 0.2) is 40.9 Å². The number of rotatable bonds is 3. The summed E-state index contributed by atoms with van der Waals surface area (Å²) in [4.78, 5) is 0. The van der Waals surface area contributed by atoms with Gasteiger partial charge in [0.15, 0.2) is 0 Å². The monoisotopic (exact) mass is 318 g/mol. The van der Waals surface area contributed by atoms with Gasteiger partial charge in [-0.25, -0.2) is 4.39 Å². The largest absolute Gasteiger partial charge is 0.380 e. The van der Waals surface area contributed by atoms with Gasteiger partial charge in [0.2, 0.25) is 0 Å². The molecule has 2 nitrogen and oxygen atoms in total. The maximum absolute atomic E-state index is 13.4. The summed E-state index contributed by atoms with van der Waals surface area (Å²) in [6.07, 6.45) is 0. The molecule has 0 saturated heterocycles. The summed E-state index contributed by atoms with van der Waals surface area (Å²) in [6, 6.07) is 12.8. The molecule has 1 N–H and O–H groups in total. The third-order valence-corrected chi connectivity index (χ3v) is 3.49. The van der Waals surface area contributed by atoms with Crippen LogP contribution in [-0.2, 0) is 6.54 Å². The van der Waals surface area contributed by atoms with E-state index in [0.717, 1.165) is 16.8 Å². The minimum atomic E-state index is -0.288. The average Bonchev–Trinajstić information content (AvgIpc) is 2.40. The van der Waals surface area contributed by atoms with Crippen LogP contribution in [0.1, 0.15) is 16.7 Å². The molecule has 0 radical (unpaired) electrons. The fraction of sp³-hybridized carbons (Fsp3) is 0.133. The van der Waals surface area contributed by atoms with Crippen molar-refractivity contribution in [2.24, 2.45) is 0 Å². The van der Waals surface area contributed by atoms with E-state index >= 15 is 0 Å². The van der Waals surface area contributed by atoms with Crippen LogP contribution in [0.25, 0.3) is 0 Å². The summed E-state index contributed by atoms with van der Waals surface area (Å²) in [5, 5.41) is 12.3. The van der Waals surface area contributed by atoms with Crippen LogP contribution >= 0.6 is 15.9 Å². The van der Waals surface area contributed by atoms with Crippen molar-refractivity contribution >= 4 is 21.6 Å². The highest BCUT2D eigenvalue weighted by molar-refractivity contribution is 9.10. The number of hydrogen-bond donors (Lipinski definition) is 1. The molecule has 2 rings (SSSR count). The minimum Gasteiger partial charge on any atom is -0.380 e. The first-order valence-corrected chi connectivity index (χ1v) is 6.58. The van der Waals surface area contributed by atoms with E-state index in [2.05, 4.69) is 27.3 Å². The Bertz CT molecular complexity index is 647. The number of halogens is 2. The van der Waals surface area contributed by atoms with Crippen LogP contribution in [0.2, 0.25) is 0 Å². The molecule has 0 aliphatic rings. The smallest absolute Gasteiger partial charge is 0.137 e. The van der Waals surface area contributed by atoms with Gasteiger partial charge in [0.25, 0.3) is 0 Å². The van der Waals surface area contributed by atoms with Gasteiger partial charge in [0.1, 0.15) is 11.9 Å². The third kappa shape index (κ3) is 3.12. The van der Waals surface area contributed by atoms with E-state index in [-0.39, 0.29) is 5.82 Å². The second-order valence-corrected chi connectivity index (χ2v) is 5.07. The topological polar surface area (TPSA) is 35.8 Å². The molecular weight excluding hydrogens is 307 g/mol. The van der Waals surface area contributed by atoms with E-state index in [1.807, 2.05) is 31.2 Å². The summed E-state index contributed by atoms with van der Waals surface area (Å²) < 4.78 is 13.8. The Kier molecular flexibility index (Phi) is 4.18. The van der Waals surface area contributed by atoms with Crippen molar-refractivity contribution < 1.29 is 4.39 Å². The van der Waals surface area contributed by atoms with Crippen molar-refractivity contribution in [1.29, 1.82) is 5.26 Å². The van der Waals surface area contributed by atoms with Crippen molar-refractivity contribution in [3.05, 3.63) is 63.4 Å². The molecular formula is C15H12BrFN2. The van der Waals surface area contributed by atoms with E-state index in [1.165, 1.54) is 6.07 Å². The summed E-state index contributed by atoms with van der Waals surface area (Å²) in [7, 11) is 0. The lowest BCUT2D eigenvalue weighted by Crippen LogP contribution is -2.02. The van der Waals surface area contributed by atoms with Crippen LogP contribution in [0, 0.1) is 24.1 Å². The number of benzene rings is 2. The molecule has 19 heavy (non-hydrogen) atoms. The summed E-state index contributed by atoms with van der Waals surface area (Å²) >= 11 is 3.12. The zero-order valence-electron chi connectivity index (χ0n) is 10.4. The molecule has 0 aromatic heterocycles. The van der Waals surface area contributed by atoms with Gasteiger partial charge in [0, 0.05) is 6.54 Å². The lowest BCUT2D eigenvalue weighted by atomic mass is 10.1.